The Hall–Kier alpha value is -0.470. The van der Waals surface area contributed by atoms with Gasteiger partial charge in [-0.15, -0.1) is 11.8 Å². The molecule has 0 unspecified atom stereocenters. The monoisotopic (exact) mass is 238 g/mol. The van der Waals surface area contributed by atoms with Crippen molar-refractivity contribution in [2.45, 2.75) is 50.5 Å². The minimum atomic E-state index is -0.310. The van der Waals surface area contributed by atoms with Crippen molar-refractivity contribution in [3.63, 3.8) is 0 Å². The van der Waals surface area contributed by atoms with Gasteiger partial charge in [0.05, 0.1) is 6.10 Å². The zero-order chi connectivity index (χ0) is 11.8. The molecule has 0 heterocycles. The second-order valence-corrected chi connectivity index (χ2v) is 5.15. The molecule has 0 fully saturated rings. The molecular weight excluding hydrogens is 216 g/mol. The SMILES string of the molecule is CCCCCSc1ccccc1[C@@H](O)CC. The molecule has 0 bridgehead atoms. The van der Waals surface area contributed by atoms with Gasteiger partial charge in [0, 0.05) is 4.90 Å². The summed E-state index contributed by atoms with van der Waals surface area (Å²) in [6, 6.07) is 8.21. The Kier molecular flexibility index (Phi) is 6.58. The van der Waals surface area contributed by atoms with Crippen LogP contribution in [0.15, 0.2) is 29.2 Å². The molecule has 0 aliphatic rings. The van der Waals surface area contributed by atoms with Crippen molar-refractivity contribution in [3.8, 4) is 0 Å². The van der Waals surface area contributed by atoms with Gasteiger partial charge in [0.1, 0.15) is 0 Å². The van der Waals surface area contributed by atoms with Gasteiger partial charge in [-0.05, 0) is 30.2 Å². The largest absolute Gasteiger partial charge is 0.388 e. The van der Waals surface area contributed by atoms with Gasteiger partial charge in [-0.2, -0.15) is 0 Å². The Morgan fingerprint density at radius 1 is 1.19 bits per heavy atom. The van der Waals surface area contributed by atoms with Crippen molar-refractivity contribution in [1.82, 2.24) is 0 Å². The quantitative estimate of drug-likeness (QED) is 0.561. The highest BCUT2D eigenvalue weighted by Gasteiger charge is 2.09. The van der Waals surface area contributed by atoms with Crippen molar-refractivity contribution in [2.75, 3.05) is 5.75 Å². The van der Waals surface area contributed by atoms with Gasteiger partial charge in [0.15, 0.2) is 0 Å². The topological polar surface area (TPSA) is 20.2 Å². The van der Waals surface area contributed by atoms with Gasteiger partial charge >= 0.3 is 0 Å². The lowest BCUT2D eigenvalue weighted by atomic mass is 10.1. The lowest BCUT2D eigenvalue weighted by molar-refractivity contribution is 0.171. The highest BCUT2D eigenvalue weighted by Crippen LogP contribution is 2.29. The average molecular weight is 238 g/mol. The van der Waals surface area contributed by atoms with Gasteiger partial charge in [-0.1, -0.05) is 44.9 Å². The van der Waals surface area contributed by atoms with Crippen LogP contribution in [0.1, 0.15) is 51.2 Å². The Labute approximate surface area is 103 Å². The Bertz CT molecular complexity index is 299. The summed E-state index contributed by atoms with van der Waals surface area (Å²) in [6.07, 6.45) is 4.30. The number of rotatable bonds is 7. The first-order valence-electron chi connectivity index (χ1n) is 6.19. The Morgan fingerprint density at radius 2 is 1.94 bits per heavy atom. The highest BCUT2D eigenvalue weighted by atomic mass is 32.2. The van der Waals surface area contributed by atoms with Gasteiger partial charge in [-0.25, -0.2) is 0 Å². The van der Waals surface area contributed by atoms with Crippen molar-refractivity contribution in [2.24, 2.45) is 0 Å². The minimum absolute atomic E-state index is 0.310. The van der Waals surface area contributed by atoms with Crippen molar-refractivity contribution in [3.05, 3.63) is 29.8 Å². The van der Waals surface area contributed by atoms with E-state index in [1.165, 1.54) is 24.2 Å². The first-order valence-corrected chi connectivity index (χ1v) is 7.18. The van der Waals surface area contributed by atoms with Crippen LogP contribution in [0.4, 0.5) is 0 Å². The van der Waals surface area contributed by atoms with E-state index < -0.39 is 0 Å². The summed E-state index contributed by atoms with van der Waals surface area (Å²) in [5.74, 6) is 1.15. The number of hydrogen-bond donors (Lipinski definition) is 1. The molecule has 0 aliphatic heterocycles. The third-order valence-electron chi connectivity index (χ3n) is 2.67. The van der Waals surface area contributed by atoms with Gasteiger partial charge in [0.2, 0.25) is 0 Å². The highest BCUT2D eigenvalue weighted by molar-refractivity contribution is 7.99. The Balaban J connectivity index is 2.57. The lowest BCUT2D eigenvalue weighted by Gasteiger charge is -2.13. The molecule has 16 heavy (non-hydrogen) atoms. The standard InChI is InChI=1S/C14H22OS/c1-3-5-8-11-16-14-10-7-6-9-12(14)13(15)4-2/h6-7,9-10,13,15H,3-5,8,11H2,1-2H3/t13-/m0/s1. The molecule has 0 spiro atoms. The first-order chi connectivity index (χ1) is 7.79. The summed E-state index contributed by atoms with van der Waals surface area (Å²) in [4.78, 5) is 1.24. The van der Waals surface area contributed by atoms with E-state index in [1.807, 2.05) is 36.9 Å². The van der Waals surface area contributed by atoms with E-state index in [2.05, 4.69) is 13.0 Å². The maximum Gasteiger partial charge on any atom is 0.0798 e. The van der Waals surface area contributed by atoms with Crippen molar-refractivity contribution >= 4 is 11.8 Å². The van der Waals surface area contributed by atoms with Crippen LogP contribution >= 0.6 is 11.8 Å². The minimum Gasteiger partial charge on any atom is -0.388 e. The van der Waals surface area contributed by atoms with Crippen molar-refractivity contribution < 1.29 is 5.11 Å². The number of benzene rings is 1. The van der Waals surface area contributed by atoms with E-state index in [9.17, 15) is 5.11 Å². The van der Waals surface area contributed by atoms with Crippen molar-refractivity contribution in [1.29, 1.82) is 0 Å². The van der Waals surface area contributed by atoms with Gasteiger partial charge in [0.25, 0.3) is 0 Å². The predicted molar refractivity (Wildman–Crippen MR) is 71.9 cm³/mol. The summed E-state index contributed by atoms with van der Waals surface area (Å²) in [6.45, 7) is 4.24. The van der Waals surface area contributed by atoms with E-state index in [4.69, 9.17) is 0 Å². The fourth-order valence-corrected chi connectivity index (χ4v) is 2.76. The molecule has 1 nitrogen and oxygen atoms in total. The smallest absolute Gasteiger partial charge is 0.0798 e. The van der Waals surface area contributed by atoms with Crippen LogP contribution in [0.5, 0.6) is 0 Å². The number of hydrogen-bond acceptors (Lipinski definition) is 2. The molecule has 1 rings (SSSR count). The van der Waals surface area contributed by atoms with Crippen LogP contribution in [0.25, 0.3) is 0 Å². The molecule has 1 aromatic rings. The number of thioether (sulfide) groups is 1. The maximum absolute atomic E-state index is 9.90. The summed E-state index contributed by atoms with van der Waals surface area (Å²) in [5.41, 5.74) is 1.09. The molecule has 0 radical (unpaired) electrons. The van der Waals surface area contributed by atoms with Crippen LogP contribution < -0.4 is 0 Å². The van der Waals surface area contributed by atoms with E-state index in [0.717, 1.165) is 17.7 Å². The maximum atomic E-state index is 9.90. The molecule has 90 valence electrons. The molecule has 0 saturated heterocycles. The van der Waals surface area contributed by atoms with E-state index >= 15 is 0 Å². The molecule has 0 saturated carbocycles. The molecule has 0 aliphatic carbocycles. The van der Waals surface area contributed by atoms with Crippen LogP contribution in [-0.2, 0) is 0 Å². The summed E-state index contributed by atoms with van der Waals surface area (Å²) >= 11 is 1.87. The predicted octanol–water partition coefficient (Wildman–Crippen LogP) is 4.41. The average Bonchev–Trinajstić information content (AvgIpc) is 2.34. The van der Waals surface area contributed by atoms with Crippen LogP contribution in [0.3, 0.4) is 0 Å². The second-order valence-electron chi connectivity index (χ2n) is 4.02. The lowest BCUT2D eigenvalue weighted by Crippen LogP contribution is -1.97. The van der Waals surface area contributed by atoms with E-state index in [0.29, 0.717) is 0 Å². The van der Waals surface area contributed by atoms with Crippen LogP contribution in [0, 0.1) is 0 Å². The molecule has 1 N–H and O–H groups in total. The summed E-state index contributed by atoms with van der Waals surface area (Å²) < 4.78 is 0. The summed E-state index contributed by atoms with van der Waals surface area (Å²) in [7, 11) is 0. The first kappa shape index (κ1) is 13.6. The third kappa shape index (κ3) is 4.18. The van der Waals surface area contributed by atoms with Gasteiger partial charge < -0.3 is 5.11 Å². The zero-order valence-corrected chi connectivity index (χ0v) is 11.1. The normalized spacial score (nSPS) is 12.7. The number of unbranched alkanes of at least 4 members (excludes halogenated alkanes) is 2. The molecule has 0 amide bonds. The van der Waals surface area contributed by atoms with Crippen LogP contribution in [-0.4, -0.2) is 10.9 Å². The fraction of sp³-hybridized carbons (Fsp3) is 0.571. The molecule has 0 aromatic heterocycles. The Morgan fingerprint density at radius 3 is 2.62 bits per heavy atom. The molecule has 2 heteroatoms. The fourth-order valence-electron chi connectivity index (χ4n) is 1.64. The molecule has 1 aromatic carbocycles. The molecular formula is C14H22OS. The zero-order valence-electron chi connectivity index (χ0n) is 10.3. The van der Waals surface area contributed by atoms with E-state index in [-0.39, 0.29) is 6.10 Å². The van der Waals surface area contributed by atoms with Crippen LogP contribution in [0.2, 0.25) is 0 Å². The number of aliphatic hydroxyl groups is 1. The van der Waals surface area contributed by atoms with Gasteiger partial charge in [-0.3, -0.25) is 0 Å². The molecule has 1 atom stereocenters. The third-order valence-corrected chi connectivity index (χ3v) is 3.85. The second kappa shape index (κ2) is 7.75. The summed E-state index contributed by atoms with van der Waals surface area (Å²) in [5, 5.41) is 9.90. The number of aliphatic hydroxyl groups excluding tert-OH is 1. The van der Waals surface area contributed by atoms with E-state index in [1.54, 1.807) is 0 Å².